The van der Waals surface area contributed by atoms with E-state index in [9.17, 15) is 14.9 Å². The number of nitro groups is 1. The number of hydrogen-bond acceptors (Lipinski definition) is 9. The van der Waals surface area contributed by atoms with Crippen molar-refractivity contribution in [3.63, 3.8) is 0 Å². The summed E-state index contributed by atoms with van der Waals surface area (Å²) in [7, 11) is 0. The van der Waals surface area contributed by atoms with E-state index < -0.39 is 16.3 Å². The lowest BCUT2D eigenvalue weighted by atomic mass is 10.0. The molecule has 1 aliphatic heterocycles. The first-order valence-corrected chi connectivity index (χ1v) is 7.68. The Balaban J connectivity index is 1.46. The summed E-state index contributed by atoms with van der Waals surface area (Å²) in [4.78, 5) is 33.9. The molecular weight excluding hydrogens is 346 g/mol. The van der Waals surface area contributed by atoms with Gasteiger partial charge in [0.2, 0.25) is 0 Å². The zero-order chi connectivity index (χ0) is 18.3. The number of aryl methyl sites for hydroxylation is 1. The van der Waals surface area contributed by atoms with Crippen LogP contribution in [0.5, 0.6) is 6.01 Å². The summed E-state index contributed by atoms with van der Waals surface area (Å²) in [6.07, 6.45) is 6.18. The number of aromatic nitrogens is 6. The van der Waals surface area contributed by atoms with Crippen LogP contribution in [0.4, 0.5) is 5.82 Å². The summed E-state index contributed by atoms with van der Waals surface area (Å²) in [5, 5.41) is 14.9. The van der Waals surface area contributed by atoms with Crippen LogP contribution in [0, 0.1) is 10.1 Å². The molecule has 3 aromatic rings. The Bertz CT molecular complexity index is 998. The summed E-state index contributed by atoms with van der Waals surface area (Å²) in [6.45, 7) is 2.46. The first kappa shape index (κ1) is 15.9. The summed E-state index contributed by atoms with van der Waals surface area (Å²) in [5.74, 6) is -0.784. The highest BCUT2D eigenvalue weighted by Crippen LogP contribution is 2.33. The Labute approximate surface area is 145 Å². The van der Waals surface area contributed by atoms with Crippen molar-refractivity contribution in [3.05, 3.63) is 45.5 Å². The van der Waals surface area contributed by atoms with Gasteiger partial charge in [-0.05, 0) is 11.8 Å². The van der Waals surface area contributed by atoms with E-state index in [1.165, 1.54) is 29.5 Å². The maximum absolute atomic E-state index is 12.0. The second-order valence-corrected chi connectivity index (χ2v) is 6.06. The quantitative estimate of drug-likeness (QED) is 0.473. The van der Waals surface area contributed by atoms with Gasteiger partial charge in [0.05, 0.1) is 19.3 Å². The third kappa shape index (κ3) is 2.81. The minimum absolute atomic E-state index is 0.0872. The fraction of sp³-hybridized carbons (Fsp3) is 0.357. The number of fused-ring (bicyclic) bond motifs is 1. The Morgan fingerprint density at radius 3 is 2.96 bits per heavy atom. The normalized spacial score (nSPS) is 18.5. The van der Waals surface area contributed by atoms with Gasteiger partial charge in [-0.25, -0.2) is 9.78 Å². The molecule has 0 aliphatic carbocycles. The predicted molar refractivity (Wildman–Crippen MR) is 84.3 cm³/mol. The minimum atomic E-state index is -0.664. The third-order valence-electron chi connectivity index (χ3n) is 4.00. The summed E-state index contributed by atoms with van der Waals surface area (Å²) >= 11 is 0. The van der Waals surface area contributed by atoms with Gasteiger partial charge < -0.3 is 19.3 Å². The van der Waals surface area contributed by atoms with Crippen molar-refractivity contribution < 1.29 is 14.1 Å². The largest absolute Gasteiger partial charge is 0.438 e. The van der Waals surface area contributed by atoms with Gasteiger partial charge in [-0.15, -0.1) is 5.10 Å². The molecule has 0 amide bonds. The fourth-order valence-electron chi connectivity index (χ4n) is 2.71. The third-order valence-corrected chi connectivity index (χ3v) is 4.00. The van der Waals surface area contributed by atoms with Gasteiger partial charge in [0.25, 0.3) is 5.89 Å². The minimum Gasteiger partial charge on any atom is -0.438 e. The van der Waals surface area contributed by atoms with E-state index in [0.29, 0.717) is 18.7 Å². The van der Waals surface area contributed by atoms with E-state index >= 15 is 0 Å². The molecule has 0 bridgehead atoms. The topological polar surface area (TPSA) is 144 Å². The first-order chi connectivity index (χ1) is 12.4. The summed E-state index contributed by atoms with van der Waals surface area (Å²) < 4.78 is 13.6. The van der Waals surface area contributed by atoms with E-state index in [-0.39, 0.29) is 24.3 Å². The number of hydrogen-bond donors (Lipinski definition) is 0. The molecule has 0 aromatic carbocycles. The smallest absolute Gasteiger partial charge is 0.437 e. The van der Waals surface area contributed by atoms with Gasteiger partial charge >= 0.3 is 17.6 Å². The van der Waals surface area contributed by atoms with Crippen LogP contribution in [0.1, 0.15) is 13.3 Å². The van der Waals surface area contributed by atoms with Crippen LogP contribution in [0.3, 0.4) is 0 Å². The summed E-state index contributed by atoms with van der Waals surface area (Å²) in [5.41, 5.74) is -0.304. The molecule has 134 valence electrons. The van der Waals surface area contributed by atoms with E-state index in [0.717, 1.165) is 0 Å². The van der Waals surface area contributed by atoms with E-state index in [2.05, 4.69) is 20.1 Å². The molecule has 4 heterocycles. The van der Waals surface area contributed by atoms with Crippen molar-refractivity contribution in [2.45, 2.75) is 32.0 Å². The lowest BCUT2D eigenvalue weighted by molar-refractivity contribution is -0.389. The van der Waals surface area contributed by atoms with Crippen LogP contribution in [-0.2, 0) is 13.1 Å². The molecule has 1 atom stereocenters. The van der Waals surface area contributed by atoms with Crippen LogP contribution < -0.4 is 10.5 Å². The first-order valence-electron chi connectivity index (χ1n) is 7.68. The molecule has 3 aromatic heterocycles. The Morgan fingerprint density at radius 1 is 1.42 bits per heavy atom. The van der Waals surface area contributed by atoms with Crippen LogP contribution in [0.2, 0.25) is 0 Å². The van der Waals surface area contributed by atoms with Crippen LogP contribution in [0.15, 0.2) is 34.0 Å². The highest BCUT2D eigenvalue weighted by atomic mass is 16.6. The molecule has 1 unspecified atom stereocenters. The average Bonchev–Trinajstić information content (AvgIpc) is 3.25. The van der Waals surface area contributed by atoms with Gasteiger partial charge in [-0.3, -0.25) is 9.55 Å². The van der Waals surface area contributed by atoms with Crippen molar-refractivity contribution in [2.24, 2.45) is 0 Å². The Hall–Kier alpha value is -3.57. The van der Waals surface area contributed by atoms with E-state index in [1.54, 1.807) is 4.57 Å². The SMILES string of the molecule is CC1(CCn2nc(-c3cnccn3)oc2=O)Cn2cc([N+](=O)[O-])nc2O1. The molecule has 0 saturated heterocycles. The van der Waals surface area contributed by atoms with Gasteiger partial charge in [0.15, 0.2) is 0 Å². The van der Waals surface area contributed by atoms with Crippen molar-refractivity contribution in [1.82, 2.24) is 29.3 Å². The molecule has 12 nitrogen and oxygen atoms in total. The molecule has 26 heavy (non-hydrogen) atoms. The Kier molecular flexibility index (Phi) is 3.52. The summed E-state index contributed by atoms with van der Waals surface area (Å²) in [6, 6.07) is 0.187. The predicted octanol–water partition coefficient (Wildman–Crippen LogP) is 0.639. The maximum Gasteiger partial charge on any atom is 0.437 e. The molecule has 1 aliphatic rings. The van der Waals surface area contributed by atoms with Crippen LogP contribution >= 0.6 is 0 Å². The van der Waals surface area contributed by atoms with E-state index in [1.807, 2.05) is 6.92 Å². The monoisotopic (exact) mass is 359 g/mol. The lowest BCUT2D eigenvalue weighted by Gasteiger charge is -2.21. The van der Waals surface area contributed by atoms with Crippen LogP contribution in [0.25, 0.3) is 11.6 Å². The average molecular weight is 359 g/mol. The standard InChI is InChI=1S/C14H13N7O5/c1-14(8-19-7-10(21(23)24)17-12(19)26-14)2-5-20-13(22)25-11(18-20)9-6-15-3-4-16-9/h3-4,6-7H,2,5,8H2,1H3. The van der Waals surface area contributed by atoms with Crippen molar-refractivity contribution >= 4 is 5.82 Å². The number of ether oxygens (including phenoxy) is 1. The van der Waals surface area contributed by atoms with Gasteiger partial charge in [0.1, 0.15) is 17.5 Å². The molecular formula is C14H13N7O5. The van der Waals surface area contributed by atoms with Gasteiger partial charge in [-0.1, -0.05) is 0 Å². The molecule has 0 N–H and O–H groups in total. The zero-order valence-electron chi connectivity index (χ0n) is 13.6. The van der Waals surface area contributed by atoms with Crippen molar-refractivity contribution in [1.29, 1.82) is 0 Å². The Morgan fingerprint density at radius 2 is 2.27 bits per heavy atom. The molecule has 0 fully saturated rings. The molecule has 0 radical (unpaired) electrons. The number of imidazole rings is 1. The highest BCUT2D eigenvalue weighted by Gasteiger charge is 2.40. The molecule has 12 heteroatoms. The molecule has 0 spiro atoms. The van der Waals surface area contributed by atoms with Crippen molar-refractivity contribution in [3.8, 4) is 17.6 Å². The second-order valence-electron chi connectivity index (χ2n) is 6.06. The van der Waals surface area contributed by atoms with Gasteiger partial charge in [-0.2, -0.15) is 4.68 Å². The lowest BCUT2D eigenvalue weighted by Crippen LogP contribution is -2.34. The van der Waals surface area contributed by atoms with E-state index in [4.69, 9.17) is 9.15 Å². The van der Waals surface area contributed by atoms with Crippen molar-refractivity contribution in [2.75, 3.05) is 0 Å². The van der Waals surface area contributed by atoms with Crippen LogP contribution in [-0.4, -0.2) is 39.8 Å². The number of nitrogens with zero attached hydrogens (tertiary/aromatic N) is 7. The zero-order valence-corrected chi connectivity index (χ0v) is 13.6. The molecule has 4 rings (SSSR count). The second kappa shape index (κ2) is 5.75. The number of rotatable bonds is 5. The fourth-order valence-corrected chi connectivity index (χ4v) is 2.71. The highest BCUT2D eigenvalue weighted by molar-refractivity contribution is 5.42. The van der Waals surface area contributed by atoms with Gasteiger partial charge in [0, 0.05) is 23.8 Å². The molecule has 0 saturated carbocycles. The maximum atomic E-state index is 12.0.